The Kier molecular flexibility index (Phi) is 7.63. The Morgan fingerprint density at radius 1 is 1.29 bits per heavy atom. The van der Waals surface area contributed by atoms with Gasteiger partial charge in [0.2, 0.25) is 10.0 Å². The van der Waals surface area contributed by atoms with Crippen LogP contribution in [0, 0.1) is 5.92 Å². The van der Waals surface area contributed by atoms with E-state index in [9.17, 15) is 8.42 Å². The van der Waals surface area contributed by atoms with Gasteiger partial charge in [-0.3, -0.25) is 0 Å². The molecule has 1 atom stereocenters. The van der Waals surface area contributed by atoms with Crippen LogP contribution in [0.15, 0.2) is 0 Å². The maximum atomic E-state index is 11.8. The minimum absolute atomic E-state index is 0. The molecule has 3 N–H and O–H groups in total. The molecule has 0 aromatic rings. The van der Waals surface area contributed by atoms with Crippen LogP contribution in [0.4, 0.5) is 0 Å². The Morgan fingerprint density at radius 2 is 1.82 bits per heavy atom. The van der Waals surface area contributed by atoms with Crippen LogP contribution >= 0.6 is 12.4 Å². The third-order valence-electron chi connectivity index (χ3n) is 3.32. The van der Waals surface area contributed by atoms with Crippen molar-refractivity contribution in [2.24, 2.45) is 11.7 Å². The van der Waals surface area contributed by atoms with Crippen molar-refractivity contribution in [2.75, 3.05) is 5.75 Å². The summed E-state index contributed by atoms with van der Waals surface area (Å²) in [6.45, 7) is 3.98. The van der Waals surface area contributed by atoms with Crippen LogP contribution in [0.3, 0.4) is 0 Å². The highest BCUT2D eigenvalue weighted by molar-refractivity contribution is 7.89. The van der Waals surface area contributed by atoms with E-state index < -0.39 is 10.0 Å². The fourth-order valence-corrected chi connectivity index (χ4v) is 3.86. The lowest BCUT2D eigenvalue weighted by Gasteiger charge is -2.27. The number of sulfonamides is 1. The molecule has 0 bridgehead atoms. The third kappa shape index (κ3) is 6.60. The molecule has 1 fully saturated rings. The fourth-order valence-electron chi connectivity index (χ4n) is 2.03. The molecule has 0 aliphatic heterocycles. The molecule has 104 valence electrons. The van der Waals surface area contributed by atoms with Crippen LogP contribution in [0.5, 0.6) is 0 Å². The van der Waals surface area contributed by atoms with E-state index in [4.69, 9.17) is 5.73 Å². The summed E-state index contributed by atoms with van der Waals surface area (Å²) in [5.41, 5.74) is 5.79. The highest BCUT2D eigenvalue weighted by atomic mass is 35.5. The zero-order chi connectivity index (χ0) is 12.2. The second kappa shape index (κ2) is 7.56. The minimum Gasteiger partial charge on any atom is -0.328 e. The van der Waals surface area contributed by atoms with Crippen molar-refractivity contribution >= 4 is 22.4 Å². The van der Waals surface area contributed by atoms with Crippen molar-refractivity contribution in [1.29, 1.82) is 0 Å². The molecule has 0 heterocycles. The van der Waals surface area contributed by atoms with Gasteiger partial charge >= 0.3 is 0 Å². The summed E-state index contributed by atoms with van der Waals surface area (Å²) < 4.78 is 26.4. The van der Waals surface area contributed by atoms with Gasteiger partial charge in [-0.2, -0.15) is 0 Å². The second-order valence-corrected chi connectivity index (χ2v) is 6.82. The monoisotopic (exact) mass is 284 g/mol. The second-order valence-electron chi connectivity index (χ2n) is 5.02. The first kappa shape index (κ1) is 17.2. The molecule has 1 aliphatic rings. The number of nitrogens with one attached hydrogen (secondary N) is 1. The average Bonchev–Trinajstić information content (AvgIpc) is 2.20. The van der Waals surface area contributed by atoms with Crippen molar-refractivity contribution < 1.29 is 8.42 Å². The highest BCUT2D eigenvalue weighted by Gasteiger charge is 2.23. The largest absolute Gasteiger partial charge is 0.328 e. The Morgan fingerprint density at radius 3 is 2.29 bits per heavy atom. The van der Waals surface area contributed by atoms with Crippen LogP contribution in [0.1, 0.15) is 46.0 Å². The van der Waals surface area contributed by atoms with Crippen LogP contribution in [0.25, 0.3) is 0 Å². The standard InChI is InChI=1S/C11H24N2O2S.ClH/c1-3-9(2)8-16(14,15)13-11-6-4-10(12)5-7-11;/h9-11,13H,3-8,12H2,1-2H3;1H. The molecule has 4 nitrogen and oxygen atoms in total. The fraction of sp³-hybridized carbons (Fsp3) is 1.00. The van der Waals surface area contributed by atoms with Gasteiger partial charge in [-0.15, -0.1) is 12.4 Å². The predicted molar refractivity (Wildman–Crippen MR) is 73.9 cm³/mol. The molecular formula is C11H25ClN2O2S. The van der Waals surface area contributed by atoms with Crippen LogP contribution in [0.2, 0.25) is 0 Å². The quantitative estimate of drug-likeness (QED) is 0.806. The Balaban J connectivity index is 0.00000256. The number of nitrogens with two attached hydrogens (primary N) is 1. The molecule has 0 amide bonds. The van der Waals surface area contributed by atoms with Gasteiger partial charge in [-0.1, -0.05) is 20.3 Å². The van der Waals surface area contributed by atoms with E-state index in [1.54, 1.807) is 0 Å². The van der Waals surface area contributed by atoms with Gasteiger partial charge in [0, 0.05) is 12.1 Å². The highest BCUT2D eigenvalue weighted by Crippen LogP contribution is 2.18. The van der Waals surface area contributed by atoms with Crippen LogP contribution in [-0.2, 0) is 10.0 Å². The molecule has 0 aromatic heterocycles. The lowest BCUT2D eigenvalue weighted by Crippen LogP contribution is -2.42. The lowest BCUT2D eigenvalue weighted by atomic mass is 9.93. The maximum absolute atomic E-state index is 11.8. The molecular weight excluding hydrogens is 260 g/mol. The maximum Gasteiger partial charge on any atom is 0.212 e. The normalized spacial score (nSPS) is 27.2. The Labute approximate surface area is 111 Å². The van der Waals surface area contributed by atoms with Gasteiger partial charge in [0.25, 0.3) is 0 Å². The van der Waals surface area contributed by atoms with Gasteiger partial charge in [-0.25, -0.2) is 13.1 Å². The van der Waals surface area contributed by atoms with Gasteiger partial charge in [-0.05, 0) is 31.6 Å². The molecule has 0 aromatic carbocycles. The first-order valence-electron chi connectivity index (χ1n) is 6.18. The van der Waals surface area contributed by atoms with Gasteiger partial charge in [0.15, 0.2) is 0 Å². The summed E-state index contributed by atoms with van der Waals surface area (Å²) in [6.07, 6.45) is 4.51. The summed E-state index contributed by atoms with van der Waals surface area (Å²) in [4.78, 5) is 0. The smallest absolute Gasteiger partial charge is 0.212 e. The summed E-state index contributed by atoms with van der Waals surface area (Å²) >= 11 is 0. The molecule has 1 rings (SSSR count). The summed E-state index contributed by atoms with van der Waals surface area (Å²) in [6, 6.07) is 0.365. The first-order chi connectivity index (χ1) is 7.43. The van der Waals surface area contributed by atoms with E-state index >= 15 is 0 Å². The van der Waals surface area contributed by atoms with Crippen molar-refractivity contribution in [3.63, 3.8) is 0 Å². The van der Waals surface area contributed by atoms with Crippen molar-refractivity contribution in [1.82, 2.24) is 4.72 Å². The van der Waals surface area contributed by atoms with Gasteiger partial charge in [0.05, 0.1) is 5.75 Å². The lowest BCUT2D eigenvalue weighted by molar-refractivity contribution is 0.372. The number of hydrogen-bond donors (Lipinski definition) is 2. The SMILES string of the molecule is CCC(C)CS(=O)(=O)NC1CCC(N)CC1.Cl. The van der Waals surface area contributed by atoms with E-state index in [1.165, 1.54) is 0 Å². The molecule has 0 radical (unpaired) electrons. The van der Waals surface area contributed by atoms with Crippen LogP contribution < -0.4 is 10.5 Å². The first-order valence-corrected chi connectivity index (χ1v) is 7.83. The predicted octanol–water partition coefficient (Wildman–Crippen LogP) is 1.64. The van der Waals surface area contributed by atoms with Gasteiger partial charge < -0.3 is 5.73 Å². The summed E-state index contributed by atoms with van der Waals surface area (Å²) in [7, 11) is -3.10. The Bertz CT molecular complexity index is 301. The minimum atomic E-state index is -3.10. The van der Waals surface area contributed by atoms with E-state index in [2.05, 4.69) is 4.72 Å². The average molecular weight is 285 g/mol. The number of halogens is 1. The molecule has 1 saturated carbocycles. The van der Waals surface area contributed by atoms with Crippen molar-refractivity contribution in [3.05, 3.63) is 0 Å². The molecule has 0 spiro atoms. The Hall–Kier alpha value is 0.160. The van der Waals surface area contributed by atoms with E-state index in [1.807, 2.05) is 13.8 Å². The number of hydrogen-bond acceptors (Lipinski definition) is 3. The van der Waals surface area contributed by atoms with E-state index in [0.29, 0.717) is 0 Å². The molecule has 0 saturated heterocycles. The zero-order valence-corrected chi connectivity index (χ0v) is 12.3. The van der Waals surface area contributed by atoms with Crippen molar-refractivity contribution in [3.8, 4) is 0 Å². The van der Waals surface area contributed by atoms with Crippen molar-refractivity contribution in [2.45, 2.75) is 58.0 Å². The molecule has 6 heteroatoms. The van der Waals surface area contributed by atoms with Crippen LogP contribution in [-0.4, -0.2) is 26.3 Å². The van der Waals surface area contributed by atoms with E-state index in [-0.39, 0.29) is 36.2 Å². The molecule has 17 heavy (non-hydrogen) atoms. The van der Waals surface area contributed by atoms with Gasteiger partial charge in [0.1, 0.15) is 0 Å². The molecule has 1 unspecified atom stereocenters. The third-order valence-corrected chi connectivity index (χ3v) is 5.02. The number of rotatable bonds is 5. The summed E-state index contributed by atoms with van der Waals surface area (Å²) in [5.74, 6) is 0.467. The zero-order valence-electron chi connectivity index (χ0n) is 10.7. The topological polar surface area (TPSA) is 72.2 Å². The molecule has 1 aliphatic carbocycles. The van der Waals surface area contributed by atoms with E-state index in [0.717, 1.165) is 32.1 Å². The summed E-state index contributed by atoms with van der Waals surface area (Å²) in [5, 5.41) is 0.